The SMILES string of the molecule is CNCc1ccc(-c2cnnn2-c2ccccc2)c(C)c1. The standard InChI is InChI=1S/C17H18N4/c1-13-10-14(11-18-2)8-9-16(13)17-12-19-20-21(17)15-6-4-3-5-7-15/h3-10,12,18H,11H2,1-2H3. The van der Waals surface area contributed by atoms with Crippen LogP contribution in [0.5, 0.6) is 0 Å². The van der Waals surface area contributed by atoms with E-state index in [0.29, 0.717) is 0 Å². The highest BCUT2D eigenvalue weighted by Crippen LogP contribution is 2.25. The third-order valence-corrected chi connectivity index (χ3v) is 3.50. The second kappa shape index (κ2) is 5.89. The quantitative estimate of drug-likeness (QED) is 0.798. The van der Waals surface area contributed by atoms with Crippen LogP contribution >= 0.6 is 0 Å². The van der Waals surface area contributed by atoms with E-state index in [9.17, 15) is 0 Å². The normalized spacial score (nSPS) is 10.8. The molecule has 2 aromatic carbocycles. The second-order valence-corrected chi connectivity index (χ2v) is 5.05. The molecular formula is C17H18N4. The minimum Gasteiger partial charge on any atom is -0.316 e. The molecule has 3 aromatic rings. The highest BCUT2D eigenvalue weighted by atomic mass is 15.4. The van der Waals surface area contributed by atoms with Crippen molar-refractivity contribution in [2.45, 2.75) is 13.5 Å². The lowest BCUT2D eigenvalue weighted by molar-refractivity contribution is 0.806. The number of aromatic nitrogens is 3. The first-order chi connectivity index (χ1) is 10.3. The Morgan fingerprint density at radius 1 is 1.10 bits per heavy atom. The summed E-state index contributed by atoms with van der Waals surface area (Å²) in [7, 11) is 1.96. The minimum atomic E-state index is 0.872. The van der Waals surface area contributed by atoms with E-state index in [1.807, 2.05) is 48.3 Å². The van der Waals surface area contributed by atoms with Crippen LogP contribution in [0, 0.1) is 6.92 Å². The molecule has 1 aromatic heterocycles. The Morgan fingerprint density at radius 2 is 1.90 bits per heavy atom. The van der Waals surface area contributed by atoms with Gasteiger partial charge in [0.05, 0.1) is 17.6 Å². The van der Waals surface area contributed by atoms with Crippen LogP contribution in [0.15, 0.2) is 54.7 Å². The van der Waals surface area contributed by atoms with Gasteiger partial charge >= 0.3 is 0 Å². The number of aryl methyl sites for hydroxylation is 1. The molecule has 106 valence electrons. The van der Waals surface area contributed by atoms with Crippen LogP contribution in [0.1, 0.15) is 11.1 Å². The number of benzene rings is 2. The number of rotatable bonds is 4. The molecule has 0 bridgehead atoms. The summed E-state index contributed by atoms with van der Waals surface area (Å²) in [6, 6.07) is 16.5. The van der Waals surface area contributed by atoms with Crippen LogP contribution in [0.4, 0.5) is 0 Å². The Hall–Kier alpha value is -2.46. The largest absolute Gasteiger partial charge is 0.316 e. The fourth-order valence-corrected chi connectivity index (χ4v) is 2.51. The van der Waals surface area contributed by atoms with Gasteiger partial charge in [0.1, 0.15) is 0 Å². The Bertz CT molecular complexity index is 732. The zero-order valence-corrected chi connectivity index (χ0v) is 12.2. The van der Waals surface area contributed by atoms with Crippen molar-refractivity contribution < 1.29 is 0 Å². The topological polar surface area (TPSA) is 42.7 Å². The molecule has 0 saturated heterocycles. The molecule has 0 spiro atoms. The van der Waals surface area contributed by atoms with Gasteiger partial charge in [0, 0.05) is 12.1 Å². The summed E-state index contributed by atoms with van der Waals surface area (Å²) in [6.07, 6.45) is 1.81. The average molecular weight is 278 g/mol. The molecule has 0 radical (unpaired) electrons. The fourth-order valence-electron chi connectivity index (χ4n) is 2.51. The summed E-state index contributed by atoms with van der Waals surface area (Å²) in [5.41, 5.74) is 5.68. The van der Waals surface area contributed by atoms with E-state index in [4.69, 9.17) is 0 Å². The summed E-state index contributed by atoms with van der Waals surface area (Å²) >= 11 is 0. The lowest BCUT2D eigenvalue weighted by Crippen LogP contribution is -2.05. The van der Waals surface area contributed by atoms with Crippen molar-refractivity contribution in [1.29, 1.82) is 0 Å². The summed E-state index contributed by atoms with van der Waals surface area (Å²) in [4.78, 5) is 0. The Balaban J connectivity index is 2.04. The molecule has 0 atom stereocenters. The maximum Gasteiger partial charge on any atom is 0.0946 e. The van der Waals surface area contributed by atoms with E-state index >= 15 is 0 Å². The van der Waals surface area contributed by atoms with E-state index in [0.717, 1.165) is 23.5 Å². The molecule has 0 unspecified atom stereocenters. The van der Waals surface area contributed by atoms with Gasteiger partial charge in [-0.1, -0.05) is 41.6 Å². The van der Waals surface area contributed by atoms with E-state index in [2.05, 4.69) is 40.8 Å². The molecule has 0 saturated carbocycles. The van der Waals surface area contributed by atoms with Gasteiger partial charge in [-0.3, -0.25) is 0 Å². The number of nitrogens with zero attached hydrogens (tertiary/aromatic N) is 3. The van der Waals surface area contributed by atoms with E-state index in [1.165, 1.54) is 11.1 Å². The monoisotopic (exact) mass is 278 g/mol. The first-order valence-corrected chi connectivity index (χ1v) is 7.00. The summed E-state index contributed by atoms with van der Waals surface area (Å²) < 4.78 is 1.88. The van der Waals surface area contributed by atoms with Crippen LogP contribution in [-0.2, 0) is 6.54 Å². The van der Waals surface area contributed by atoms with Crippen molar-refractivity contribution in [3.63, 3.8) is 0 Å². The molecular weight excluding hydrogens is 260 g/mol. The van der Waals surface area contributed by atoms with E-state index in [1.54, 1.807) is 0 Å². The smallest absolute Gasteiger partial charge is 0.0946 e. The second-order valence-electron chi connectivity index (χ2n) is 5.05. The fraction of sp³-hybridized carbons (Fsp3) is 0.176. The summed E-state index contributed by atoms with van der Waals surface area (Å²) in [5.74, 6) is 0. The van der Waals surface area contributed by atoms with Crippen LogP contribution in [0.3, 0.4) is 0 Å². The summed E-state index contributed by atoms with van der Waals surface area (Å²) in [5, 5.41) is 11.5. The molecule has 0 amide bonds. The molecule has 3 rings (SSSR count). The van der Waals surface area contributed by atoms with Gasteiger partial charge in [0.15, 0.2) is 0 Å². The number of hydrogen-bond donors (Lipinski definition) is 1. The van der Waals surface area contributed by atoms with E-state index in [-0.39, 0.29) is 0 Å². The highest BCUT2D eigenvalue weighted by molar-refractivity contribution is 5.65. The summed E-state index contributed by atoms with van der Waals surface area (Å²) in [6.45, 7) is 2.99. The predicted octanol–water partition coefficient (Wildman–Crippen LogP) is 2.96. The molecule has 0 aliphatic heterocycles. The van der Waals surface area contributed by atoms with Gasteiger partial charge in [-0.15, -0.1) is 5.10 Å². The van der Waals surface area contributed by atoms with Crippen molar-refractivity contribution in [1.82, 2.24) is 20.3 Å². The minimum absolute atomic E-state index is 0.872. The molecule has 1 heterocycles. The molecule has 0 aliphatic carbocycles. The van der Waals surface area contributed by atoms with E-state index < -0.39 is 0 Å². The van der Waals surface area contributed by atoms with Gasteiger partial charge in [0.25, 0.3) is 0 Å². The lowest BCUT2D eigenvalue weighted by atomic mass is 10.0. The van der Waals surface area contributed by atoms with Crippen molar-refractivity contribution >= 4 is 0 Å². The maximum atomic E-state index is 4.22. The van der Waals surface area contributed by atoms with Gasteiger partial charge in [-0.05, 0) is 37.2 Å². The molecule has 1 N–H and O–H groups in total. The molecule has 4 heteroatoms. The third-order valence-electron chi connectivity index (χ3n) is 3.50. The van der Waals surface area contributed by atoms with Crippen LogP contribution in [-0.4, -0.2) is 22.0 Å². The maximum absolute atomic E-state index is 4.22. The average Bonchev–Trinajstić information content (AvgIpc) is 2.98. The van der Waals surface area contributed by atoms with Gasteiger partial charge in [-0.2, -0.15) is 0 Å². The van der Waals surface area contributed by atoms with Crippen LogP contribution < -0.4 is 5.32 Å². The first kappa shape index (κ1) is 13.5. The van der Waals surface area contributed by atoms with Crippen molar-refractivity contribution in [2.75, 3.05) is 7.05 Å². The molecule has 0 fully saturated rings. The van der Waals surface area contributed by atoms with Gasteiger partial charge in [0.2, 0.25) is 0 Å². The third kappa shape index (κ3) is 2.71. The zero-order valence-electron chi connectivity index (χ0n) is 12.2. The van der Waals surface area contributed by atoms with Gasteiger partial charge in [-0.25, -0.2) is 4.68 Å². The van der Waals surface area contributed by atoms with Crippen molar-refractivity contribution in [2.24, 2.45) is 0 Å². The number of hydrogen-bond acceptors (Lipinski definition) is 3. The Morgan fingerprint density at radius 3 is 2.62 bits per heavy atom. The Labute approximate surface area is 124 Å². The molecule has 0 aliphatic rings. The number of para-hydroxylation sites is 1. The number of nitrogens with one attached hydrogen (secondary N) is 1. The first-order valence-electron chi connectivity index (χ1n) is 7.00. The predicted molar refractivity (Wildman–Crippen MR) is 84.3 cm³/mol. The molecule has 4 nitrogen and oxygen atoms in total. The Kier molecular flexibility index (Phi) is 3.79. The van der Waals surface area contributed by atoms with Crippen molar-refractivity contribution in [3.05, 3.63) is 65.9 Å². The van der Waals surface area contributed by atoms with Crippen molar-refractivity contribution in [3.8, 4) is 16.9 Å². The van der Waals surface area contributed by atoms with Crippen LogP contribution in [0.25, 0.3) is 16.9 Å². The zero-order chi connectivity index (χ0) is 14.7. The van der Waals surface area contributed by atoms with Gasteiger partial charge < -0.3 is 5.32 Å². The molecule has 21 heavy (non-hydrogen) atoms. The lowest BCUT2D eigenvalue weighted by Gasteiger charge is -2.10. The highest BCUT2D eigenvalue weighted by Gasteiger charge is 2.11. The van der Waals surface area contributed by atoms with Crippen LogP contribution in [0.2, 0.25) is 0 Å².